The van der Waals surface area contributed by atoms with E-state index in [0.29, 0.717) is 11.2 Å². The first-order valence-corrected chi connectivity index (χ1v) is 7.21. The quantitative estimate of drug-likeness (QED) is 0.823. The summed E-state index contributed by atoms with van der Waals surface area (Å²) in [5, 5.41) is 3.52. The monoisotopic (exact) mass is 313 g/mol. The predicted molar refractivity (Wildman–Crippen MR) is 83.9 cm³/mol. The van der Waals surface area contributed by atoms with Crippen LogP contribution in [0, 0.1) is 6.92 Å². The minimum atomic E-state index is -0.456. The summed E-state index contributed by atoms with van der Waals surface area (Å²) in [6, 6.07) is 6.65. The Labute approximate surface area is 131 Å². The minimum Gasteiger partial charge on any atom is -0.324 e. The number of amides is 3. The number of benzene rings is 1. The van der Waals surface area contributed by atoms with E-state index >= 15 is 0 Å². The van der Waals surface area contributed by atoms with Crippen molar-refractivity contribution in [1.82, 2.24) is 9.88 Å². The SMILES string of the molecule is Cc1cc(=O)[nH]c2cc(NC(=O)CN3C(=O)CCC3=O)ccc12. The molecule has 0 spiro atoms. The van der Waals surface area contributed by atoms with Gasteiger partial charge in [-0.15, -0.1) is 0 Å². The second-order valence-electron chi connectivity index (χ2n) is 5.50. The summed E-state index contributed by atoms with van der Waals surface area (Å²) >= 11 is 0. The zero-order valence-electron chi connectivity index (χ0n) is 12.5. The molecule has 1 saturated heterocycles. The number of aryl methyl sites for hydroxylation is 1. The third-order valence-electron chi connectivity index (χ3n) is 3.79. The van der Waals surface area contributed by atoms with Crippen LogP contribution in [-0.4, -0.2) is 34.2 Å². The first-order chi connectivity index (χ1) is 10.9. The summed E-state index contributed by atoms with van der Waals surface area (Å²) in [5.41, 5.74) is 1.73. The number of nitrogens with zero attached hydrogens (tertiary/aromatic N) is 1. The Morgan fingerprint density at radius 2 is 1.87 bits per heavy atom. The maximum Gasteiger partial charge on any atom is 0.248 e. The van der Waals surface area contributed by atoms with Crippen molar-refractivity contribution in [3.63, 3.8) is 0 Å². The van der Waals surface area contributed by atoms with Gasteiger partial charge in [-0.05, 0) is 24.6 Å². The molecule has 1 aliphatic heterocycles. The molecular weight excluding hydrogens is 298 g/mol. The Morgan fingerprint density at radius 1 is 1.17 bits per heavy atom. The molecule has 118 valence electrons. The van der Waals surface area contributed by atoms with Crippen LogP contribution in [0.15, 0.2) is 29.1 Å². The van der Waals surface area contributed by atoms with Crippen LogP contribution < -0.4 is 10.9 Å². The number of pyridine rings is 1. The fraction of sp³-hybridized carbons (Fsp3) is 0.250. The topological polar surface area (TPSA) is 99.3 Å². The molecule has 7 nitrogen and oxygen atoms in total. The Morgan fingerprint density at radius 3 is 2.57 bits per heavy atom. The lowest BCUT2D eigenvalue weighted by molar-refractivity contribution is -0.141. The molecule has 1 aromatic carbocycles. The highest BCUT2D eigenvalue weighted by Gasteiger charge is 2.30. The third-order valence-corrected chi connectivity index (χ3v) is 3.79. The van der Waals surface area contributed by atoms with Crippen LogP contribution in [0.4, 0.5) is 5.69 Å². The maximum absolute atomic E-state index is 12.0. The smallest absolute Gasteiger partial charge is 0.248 e. The number of H-pyrrole nitrogens is 1. The number of carbonyl (C=O) groups is 3. The number of fused-ring (bicyclic) bond motifs is 1. The second kappa shape index (κ2) is 5.68. The number of likely N-dealkylation sites (tertiary alicyclic amines) is 1. The van der Waals surface area contributed by atoms with Gasteiger partial charge in [-0.2, -0.15) is 0 Å². The molecule has 23 heavy (non-hydrogen) atoms. The van der Waals surface area contributed by atoms with Crippen molar-refractivity contribution < 1.29 is 14.4 Å². The number of aromatic amines is 1. The van der Waals surface area contributed by atoms with Crippen molar-refractivity contribution in [3.05, 3.63) is 40.2 Å². The minimum absolute atomic E-state index is 0.155. The van der Waals surface area contributed by atoms with Crippen molar-refractivity contribution >= 4 is 34.3 Å². The van der Waals surface area contributed by atoms with Crippen molar-refractivity contribution in [2.45, 2.75) is 19.8 Å². The van der Waals surface area contributed by atoms with Crippen molar-refractivity contribution in [1.29, 1.82) is 0 Å². The van der Waals surface area contributed by atoms with E-state index in [2.05, 4.69) is 10.3 Å². The summed E-state index contributed by atoms with van der Waals surface area (Å²) < 4.78 is 0. The number of imide groups is 1. The van der Waals surface area contributed by atoms with E-state index in [4.69, 9.17) is 0 Å². The number of nitrogens with one attached hydrogen (secondary N) is 2. The van der Waals surface area contributed by atoms with E-state index in [9.17, 15) is 19.2 Å². The van der Waals surface area contributed by atoms with Gasteiger partial charge in [-0.25, -0.2) is 0 Å². The molecule has 1 aliphatic rings. The number of hydrogen-bond acceptors (Lipinski definition) is 4. The van der Waals surface area contributed by atoms with Crippen LogP contribution in [0.1, 0.15) is 18.4 Å². The first kappa shape index (κ1) is 15.0. The molecular formula is C16H15N3O4. The Kier molecular flexibility index (Phi) is 3.69. The maximum atomic E-state index is 12.0. The standard InChI is InChI=1S/C16H15N3O4/c1-9-6-13(20)18-12-7-10(2-3-11(9)12)17-14(21)8-19-15(22)4-5-16(19)23/h2-3,6-7H,4-5,8H2,1H3,(H,17,21)(H,18,20). The molecule has 3 rings (SSSR count). The molecule has 2 aromatic rings. The van der Waals surface area contributed by atoms with Crippen molar-refractivity contribution in [2.24, 2.45) is 0 Å². The molecule has 0 saturated carbocycles. The molecule has 0 unspecified atom stereocenters. The van der Waals surface area contributed by atoms with Crippen LogP contribution >= 0.6 is 0 Å². The third kappa shape index (κ3) is 2.98. The Hall–Kier alpha value is -2.96. The average molecular weight is 313 g/mol. The van der Waals surface area contributed by atoms with Gasteiger partial charge < -0.3 is 10.3 Å². The largest absolute Gasteiger partial charge is 0.324 e. The lowest BCUT2D eigenvalue weighted by Gasteiger charge is -2.13. The lowest BCUT2D eigenvalue weighted by atomic mass is 10.1. The van der Waals surface area contributed by atoms with Gasteiger partial charge in [-0.1, -0.05) is 6.07 Å². The van der Waals surface area contributed by atoms with E-state index in [1.165, 1.54) is 6.07 Å². The molecule has 7 heteroatoms. The molecule has 2 heterocycles. The first-order valence-electron chi connectivity index (χ1n) is 7.21. The molecule has 2 N–H and O–H groups in total. The normalized spacial score (nSPS) is 14.6. The number of rotatable bonds is 3. The van der Waals surface area contributed by atoms with Crippen LogP contribution in [0.5, 0.6) is 0 Å². The summed E-state index contributed by atoms with van der Waals surface area (Å²) in [6.45, 7) is 1.54. The van der Waals surface area contributed by atoms with Crippen LogP contribution in [0.2, 0.25) is 0 Å². The number of aromatic nitrogens is 1. The van der Waals surface area contributed by atoms with Crippen LogP contribution in [-0.2, 0) is 14.4 Å². The van der Waals surface area contributed by atoms with Gasteiger partial charge in [0.2, 0.25) is 23.3 Å². The van der Waals surface area contributed by atoms with E-state index in [1.54, 1.807) is 18.2 Å². The number of anilines is 1. The Balaban J connectivity index is 1.78. The van der Waals surface area contributed by atoms with Gasteiger partial charge in [0.05, 0.1) is 5.52 Å². The van der Waals surface area contributed by atoms with Gasteiger partial charge in [0.15, 0.2) is 0 Å². The van der Waals surface area contributed by atoms with Gasteiger partial charge in [0.1, 0.15) is 6.54 Å². The highest BCUT2D eigenvalue weighted by Crippen LogP contribution is 2.19. The number of hydrogen-bond donors (Lipinski definition) is 2. The van der Waals surface area contributed by atoms with Gasteiger partial charge in [0.25, 0.3) is 0 Å². The van der Waals surface area contributed by atoms with Gasteiger partial charge >= 0.3 is 0 Å². The summed E-state index contributed by atoms with van der Waals surface area (Å²) in [4.78, 5) is 50.2. The summed E-state index contributed by atoms with van der Waals surface area (Å²) in [7, 11) is 0. The van der Waals surface area contributed by atoms with E-state index in [0.717, 1.165) is 15.8 Å². The molecule has 1 fully saturated rings. The Bertz CT molecular complexity index is 869. The highest BCUT2D eigenvalue weighted by molar-refractivity contribution is 6.06. The fourth-order valence-corrected chi connectivity index (χ4v) is 2.66. The second-order valence-corrected chi connectivity index (χ2v) is 5.50. The van der Waals surface area contributed by atoms with Crippen molar-refractivity contribution in [3.8, 4) is 0 Å². The van der Waals surface area contributed by atoms with Gasteiger partial charge in [0, 0.05) is 30.0 Å². The summed E-state index contributed by atoms with van der Waals surface area (Å²) in [5.74, 6) is -1.12. The van der Waals surface area contributed by atoms with Crippen LogP contribution in [0.3, 0.4) is 0 Å². The average Bonchev–Trinajstić information content (AvgIpc) is 2.78. The van der Waals surface area contributed by atoms with E-state index in [-0.39, 0.29) is 36.8 Å². The van der Waals surface area contributed by atoms with Crippen LogP contribution in [0.25, 0.3) is 10.9 Å². The lowest BCUT2D eigenvalue weighted by Crippen LogP contribution is -2.36. The van der Waals surface area contributed by atoms with E-state index < -0.39 is 5.91 Å². The zero-order chi connectivity index (χ0) is 16.6. The predicted octanol–water partition coefficient (Wildman–Crippen LogP) is 0.924. The molecule has 0 aliphatic carbocycles. The van der Waals surface area contributed by atoms with Crippen molar-refractivity contribution in [2.75, 3.05) is 11.9 Å². The fourth-order valence-electron chi connectivity index (χ4n) is 2.66. The molecule has 0 radical (unpaired) electrons. The molecule has 1 aromatic heterocycles. The molecule has 0 atom stereocenters. The molecule has 3 amide bonds. The zero-order valence-corrected chi connectivity index (χ0v) is 12.5. The highest BCUT2D eigenvalue weighted by atomic mass is 16.2. The molecule has 0 bridgehead atoms. The number of carbonyl (C=O) groups excluding carboxylic acids is 3. The van der Waals surface area contributed by atoms with Gasteiger partial charge in [-0.3, -0.25) is 24.1 Å². The van der Waals surface area contributed by atoms with E-state index in [1.807, 2.05) is 6.92 Å². The summed E-state index contributed by atoms with van der Waals surface area (Å²) in [6.07, 6.45) is 0.311.